The highest BCUT2D eigenvalue weighted by molar-refractivity contribution is 7.67. The molecule has 4 rings (SSSR count). The number of hydrogen-bond acceptors (Lipinski definition) is 3. The van der Waals surface area contributed by atoms with Crippen molar-refractivity contribution in [3.05, 3.63) is 101 Å². The molecule has 44 heavy (non-hydrogen) atoms. The fraction of sp³-hybridized carbons (Fsp3) is 0.400. The van der Waals surface area contributed by atoms with Crippen LogP contribution in [0.3, 0.4) is 0 Å². The minimum absolute atomic E-state index is 0.162. The summed E-state index contributed by atoms with van der Waals surface area (Å²) in [6.07, 6.45) is 0. The van der Waals surface area contributed by atoms with Crippen molar-refractivity contribution >= 4 is 13.2 Å². The van der Waals surface area contributed by atoms with E-state index in [9.17, 15) is 14.7 Å². The highest BCUT2D eigenvalue weighted by Gasteiger charge is 2.42. The molecular weight excluding hydrogens is 559 g/mol. The summed E-state index contributed by atoms with van der Waals surface area (Å²) < 4.78 is 0. The van der Waals surface area contributed by atoms with E-state index in [0.29, 0.717) is 5.56 Å². The SMILES string of the molecule is CC(C)(C)c1cccc(C(C)(C)C)c1-c1ccc([P+](O)(O)O)c(-c2c(C(C)(C)C)cccc2C(C)(C)C)c1-c1ccccc1. The van der Waals surface area contributed by atoms with Crippen LogP contribution >= 0.6 is 7.94 Å². The third-order valence-electron chi connectivity index (χ3n) is 8.45. The van der Waals surface area contributed by atoms with E-state index in [0.717, 1.165) is 38.9 Å². The Kier molecular flexibility index (Phi) is 8.92. The maximum atomic E-state index is 11.1. The Morgan fingerprint density at radius 1 is 0.386 bits per heavy atom. The van der Waals surface area contributed by atoms with E-state index in [4.69, 9.17) is 0 Å². The van der Waals surface area contributed by atoms with E-state index in [1.807, 2.05) is 24.3 Å². The summed E-state index contributed by atoms with van der Waals surface area (Å²) in [6, 6.07) is 27.0. The van der Waals surface area contributed by atoms with Crippen molar-refractivity contribution in [3.63, 3.8) is 0 Å². The summed E-state index contributed by atoms with van der Waals surface area (Å²) in [7, 11) is -4.46. The fourth-order valence-electron chi connectivity index (χ4n) is 6.37. The highest BCUT2D eigenvalue weighted by atomic mass is 31.2. The third-order valence-corrected chi connectivity index (χ3v) is 9.47. The maximum Gasteiger partial charge on any atom is 0.441 e. The largest absolute Gasteiger partial charge is 0.441 e. The van der Waals surface area contributed by atoms with E-state index >= 15 is 0 Å². The van der Waals surface area contributed by atoms with Gasteiger partial charge in [0.2, 0.25) is 0 Å². The van der Waals surface area contributed by atoms with Gasteiger partial charge in [-0.15, -0.1) is 0 Å². The summed E-state index contributed by atoms with van der Waals surface area (Å²) in [6.45, 7) is 26.6. The number of hydrogen-bond donors (Lipinski definition) is 3. The number of benzene rings is 4. The van der Waals surface area contributed by atoms with E-state index in [-0.39, 0.29) is 27.0 Å². The third kappa shape index (κ3) is 6.73. The van der Waals surface area contributed by atoms with Crippen molar-refractivity contribution in [2.45, 2.75) is 105 Å². The van der Waals surface area contributed by atoms with Crippen LogP contribution in [0, 0.1) is 0 Å². The molecule has 0 heterocycles. The Hall–Kier alpha value is -2.81. The first kappa shape index (κ1) is 34.1. The van der Waals surface area contributed by atoms with Crippen molar-refractivity contribution < 1.29 is 14.7 Å². The summed E-state index contributed by atoms with van der Waals surface area (Å²) in [5, 5.41) is 0.174. The van der Waals surface area contributed by atoms with Crippen LogP contribution in [0.2, 0.25) is 0 Å². The Labute approximate surface area is 266 Å². The molecule has 3 nitrogen and oxygen atoms in total. The van der Waals surface area contributed by atoms with Gasteiger partial charge in [-0.2, -0.15) is 14.7 Å². The van der Waals surface area contributed by atoms with Crippen LogP contribution in [0.5, 0.6) is 0 Å². The van der Waals surface area contributed by atoms with Crippen LogP contribution in [0.25, 0.3) is 33.4 Å². The highest BCUT2D eigenvalue weighted by Crippen LogP contribution is 2.54. The van der Waals surface area contributed by atoms with Gasteiger partial charge >= 0.3 is 7.94 Å². The smallest absolute Gasteiger partial charge is 0.189 e. The van der Waals surface area contributed by atoms with Crippen molar-refractivity contribution in [1.29, 1.82) is 0 Å². The van der Waals surface area contributed by atoms with Gasteiger partial charge in [0.15, 0.2) is 5.30 Å². The quantitative estimate of drug-likeness (QED) is 0.201. The minimum atomic E-state index is -4.46. The van der Waals surface area contributed by atoms with E-state index in [2.05, 4.69) is 132 Å². The van der Waals surface area contributed by atoms with E-state index in [1.165, 1.54) is 11.1 Å². The lowest BCUT2D eigenvalue weighted by molar-refractivity contribution is 0.347. The minimum Gasteiger partial charge on any atom is -0.189 e. The Morgan fingerprint density at radius 3 is 1.14 bits per heavy atom. The topological polar surface area (TPSA) is 60.7 Å². The molecule has 0 saturated heterocycles. The second-order valence-corrected chi connectivity index (χ2v) is 17.9. The Balaban J connectivity index is 2.43. The Bertz CT molecular complexity index is 1580. The summed E-state index contributed by atoms with van der Waals surface area (Å²) in [5.41, 5.74) is 9.44. The van der Waals surface area contributed by atoms with E-state index < -0.39 is 7.94 Å². The lowest BCUT2D eigenvalue weighted by Gasteiger charge is -2.34. The molecule has 4 aromatic rings. The van der Waals surface area contributed by atoms with Crippen LogP contribution in [0.4, 0.5) is 0 Å². The van der Waals surface area contributed by atoms with Gasteiger partial charge in [0.05, 0.1) is 0 Å². The molecular formula is C40H52O3P+. The van der Waals surface area contributed by atoms with Gasteiger partial charge in [-0.05, 0) is 78.3 Å². The first-order valence-electron chi connectivity index (χ1n) is 15.6. The van der Waals surface area contributed by atoms with Crippen LogP contribution in [-0.4, -0.2) is 14.7 Å². The summed E-state index contributed by atoms with van der Waals surface area (Å²) in [4.78, 5) is 33.4. The normalized spacial score (nSPS) is 13.3. The predicted octanol–water partition coefficient (Wildman–Crippen LogP) is 10.2. The molecule has 0 bridgehead atoms. The molecule has 0 aliphatic heterocycles. The van der Waals surface area contributed by atoms with Gasteiger partial charge in [0.25, 0.3) is 0 Å². The molecule has 234 valence electrons. The lowest BCUT2D eigenvalue weighted by Crippen LogP contribution is -2.24. The second kappa shape index (κ2) is 11.5. The molecule has 0 aromatic heterocycles. The zero-order chi connectivity index (χ0) is 33.0. The van der Waals surface area contributed by atoms with Gasteiger partial charge < -0.3 is 0 Å². The Morgan fingerprint density at radius 2 is 0.773 bits per heavy atom. The van der Waals surface area contributed by atoms with Crippen LogP contribution < -0.4 is 5.30 Å². The van der Waals surface area contributed by atoms with Crippen molar-refractivity contribution in [3.8, 4) is 33.4 Å². The lowest BCUT2D eigenvalue weighted by atomic mass is 9.70. The molecule has 0 aliphatic rings. The molecule has 4 heteroatoms. The fourth-order valence-corrected chi connectivity index (χ4v) is 7.17. The predicted molar refractivity (Wildman–Crippen MR) is 191 cm³/mol. The molecule has 0 saturated carbocycles. The van der Waals surface area contributed by atoms with Gasteiger partial charge in [0.1, 0.15) is 0 Å². The zero-order valence-electron chi connectivity index (χ0n) is 28.8. The molecule has 0 radical (unpaired) electrons. The molecule has 0 aliphatic carbocycles. The molecule has 0 atom stereocenters. The van der Waals surface area contributed by atoms with Crippen molar-refractivity contribution in [1.82, 2.24) is 0 Å². The second-order valence-electron chi connectivity index (χ2n) is 16.3. The molecule has 0 fully saturated rings. The number of rotatable bonds is 4. The van der Waals surface area contributed by atoms with Gasteiger partial charge in [0, 0.05) is 11.1 Å². The molecule has 3 N–H and O–H groups in total. The van der Waals surface area contributed by atoms with Crippen LogP contribution in [0.15, 0.2) is 78.9 Å². The van der Waals surface area contributed by atoms with Gasteiger partial charge in [-0.1, -0.05) is 150 Å². The van der Waals surface area contributed by atoms with Crippen LogP contribution in [0.1, 0.15) is 105 Å². The monoisotopic (exact) mass is 611 g/mol. The van der Waals surface area contributed by atoms with Gasteiger partial charge in [-0.25, -0.2) is 0 Å². The van der Waals surface area contributed by atoms with Crippen molar-refractivity contribution in [2.75, 3.05) is 0 Å². The average Bonchev–Trinajstić information content (AvgIpc) is 2.89. The van der Waals surface area contributed by atoms with E-state index in [1.54, 1.807) is 6.07 Å². The standard InChI is InChI=1S/C40H52O3P/c1-37(2,3)28-20-16-21-29(38(4,5)6)34(28)27-24-25-32(44(41,42)43)36(33(27)26-18-14-13-15-19-26)35-30(39(7,8)9)22-17-23-31(35)40(10,11)12/h13-25,41-43H,1-12H3/q+1. The van der Waals surface area contributed by atoms with Crippen molar-refractivity contribution in [2.24, 2.45) is 0 Å². The average molecular weight is 612 g/mol. The molecule has 0 unspecified atom stereocenters. The molecule has 0 spiro atoms. The molecule has 4 aromatic carbocycles. The molecule has 0 amide bonds. The van der Waals surface area contributed by atoms with Crippen LogP contribution in [-0.2, 0) is 21.7 Å². The van der Waals surface area contributed by atoms with Gasteiger partial charge in [-0.3, -0.25) is 0 Å². The zero-order valence-corrected chi connectivity index (χ0v) is 29.7. The first-order chi connectivity index (χ1) is 20.0. The first-order valence-corrected chi connectivity index (χ1v) is 17.3. The maximum absolute atomic E-state index is 11.1. The summed E-state index contributed by atoms with van der Waals surface area (Å²) >= 11 is 0. The summed E-state index contributed by atoms with van der Waals surface area (Å²) in [5.74, 6) is 0.